The van der Waals surface area contributed by atoms with Crippen LogP contribution in [0.15, 0.2) is 12.3 Å². The molecule has 0 spiro atoms. The van der Waals surface area contributed by atoms with E-state index in [1.807, 2.05) is 0 Å². The Labute approximate surface area is 190 Å². The molecule has 0 aliphatic rings. The molecule has 2 heterocycles. The summed E-state index contributed by atoms with van der Waals surface area (Å²) in [4.78, 5) is 6.92. The van der Waals surface area contributed by atoms with Crippen LogP contribution in [0.3, 0.4) is 0 Å². The van der Waals surface area contributed by atoms with Gasteiger partial charge in [0.05, 0.1) is 15.1 Å². The first-order valence-electron chi connectivity index (χ1n) is 5.81. The Morgan fingerprint density at radius 1 is 0.769 bits per heavy atom. The van der Waals surface area contributed by atoms with E-state index < -0.39 is 30.7 Å². The van der Waals surface area contributed by atoms with Gasteiger partial charge in [-0.15, -0.1) is 0 Å². The minimum atomic E-state index is -4.71. The fourth-order valence-corrected chi connectivity index (χ4v) is 2.91. The lowest BCUT2D eigenvalue weighted by atomic mass is 10.3. The highest BCUT2D eigenvalue weighted by atomic mass is 35.6. The van der Waals surface area contributed by atoms with Crippen LogP contribution in [0.1, 0.15) is 11.1 Å². The van der Waals surface area contributed by atoms with Crippen LogP contribution in [-0.2, 0) is 9.97 Å². The van der Waals surface area contributed by atoms with E-state index in [1.165, 1.54) is 12.3 Å². The van der Waals surface area contributed by atoms with Crippen molar-refractivity contribution in [3.8, 4) is 0 Å². The molecule has 0 aliphatic heterocycles. The van der Waals surface area contributed by atoms with Gasteiger partial charge in [-0.3, -0.25) is 0 Å². The fraction of sp³-hybridized carbons (Fsp3) is 0.167. The minimum Gasteiger partial charge on any atom is -0.243 e. The Bertz CT molecular complexity index is 806. The molecule has 2 aromatic rings. The van der Waals surface area contributed by atoms with Crippen LogP contribution < -0.4 is 0 Å². The topological polar surface area (TPSA) is 25.8 Å². The van der Waals surface area contributed by atoms with Crippen molar-refractivity contribution in [1.29, 1.82) is 0 Å². The summed E-state index contributed by atoms with van der Waals surface area (Å²) in [5, 5.41) is -1.95. The normalized spacial score (nSPS) is 11.8. The van der Waals surface area contributed by atoms with Crippen molar-refractivity contribution in [1.82, 2.24) is 9.97 Å². The van der Waals surface area contributed by atoms with Crippen LogP contribution in [0.5, 0.6) is 0 Å². The number of aromatic nitrogens is 2. The average Bonchev–Trinajstić information content (AvgIpc) is 2.46. The molecule has 0 saturated heterocycles. The van der Waals surface area contributed by atoms with E-state index in [2.05, 4.69) is 9.97 Å². The largest absolute Gasteiger partial charge is 0.420 e. The van der Waals surface area contributed by atoms with Crippen LogP contribution in [0, 0.1) is 0 Å². The van der Waals surface area contributed by atoms with E-state index in [0.717, 1.165) is 0 Å². The van der Waals surface area contributed by atoms with Gasteiger partial charge in [0.15, 0.2) is 5.15 Å². The first-order valence-corrected chi connectivity index (χ1v) is 9.21. The number of pyridine rings is 2. The van der Waals surface area contributed by atoms with Crippen molar-refractivity contribution in [2.24, 2.45) is 0 Å². The first kappa shape index (κ1) is 24.7. The monoisotopic (exact) mass is 546 g/mol. The van der Waals surface area contributed by atoms with E-state index in [-0.39, 0.29) is 15.3 Å². The molecule has 0 N–H and O–H groups in total. The Morgan fingerprint density at radius 2 is 1.31 bits per heavy atom. The molecular formula is C12H2Cl9F3N2. The van der Waals surface area contributed by atoms with Gasteiger partial charge in [0.1, 0.15) is 15.9 Å². The molecule has 0 atom stereocenters. The lowest BCUT2D eigenvalue weighted by molar-refractivity contribution is -0.137. The predicted octanol–water partition coefficient (Wildman–Crippen LogP) is 8.93. The van der Waals surface area contributed by atoms with Gasteiger partial charge in [-0.05, 0) is 6.07 Å². The van der Waals surface area contributed by atoms with Crippen LogP contribution in [0.25, 0.3) is 0 Å². The Hall–Kier alpha value is 0.700. The lowest BCUT2D eigenvalue weighted by Gasteiger charge is -2.11. The highest BCUT2D eigenvalue weighted by molar-refractivity contribution is 6.66. The van der Waals surface area contributed by atoms with Gasteiger partial charge in [-0.1, -0.05) is 104 Å². The van der Waals surface area contributed by atoms with Crippen molar-refractivity contribution < 1.29 is 13.2 Å². The molecular weight excluding hydrogens is 548 g/mol. The summed E-state index contributed by atoms with van der Waals surface area (Å²) in [6.07, 6.45) is -3.35. The molecule has 0 bridgehead atoms. The number of nitrogens with zero attached hydrogens (tertiary/aromatic N) is 2. The van der Waals surface area contributed by atoms with Crippen molar-refractivity contribution >= 4 is 104 Å². The molecule has 0 unspecified atom stereocenters. The minimum absolute atomic E-state index is 0.190. The maximum absolute atomic E-state index is 12.3. The summed E-state index contributed by atoms with van der Waals surface area (Å²) in [7, 11) is 0. The zero-order valence-corrected chi connectivity index (χ0v) is 18.4. The second-order valence-corrected chi connectivity index (χ2v) is 8.71. The van der Waals surface area contributed by atoms with E-state index >= 15 is 0 Å². The van der Waals surface area contributed by atoms with Crippen LogP contribution in [0.4, 0.5) is 13.2 Å². The zero-order chi connectivity index (χ0) is 20.4. The van der Waals surface area contributed by atoms with Crippen LogP contribution in [0.2, 0.25) is 30.5 Å². The van der Waals surface area contributed by atoms with E-state index in [9.17, 15) is 13.2 Å². The number of alkyl halides is 6. The number of hydrogen-bond acceptors (Lipinski definition) is 2. The molecule has 0 radical (unpaired) electrons. The first-order chi connectivity index (χ1) is 11.7. The lowest BCUT2D eigenvalue weighted by Crippen LogP contribution is -2.08. The van der Waals surface area contributed by atoms with Gasteiger partial charge >= 0.3 is 6.18 Å². The maximum atomic E-state index is 12.3. The number of hydrogen-bond donors (Lipinski definition) is 0. The van der Waals surface area contributed by atoms with E-state index in [1.54, 1.807) is 0 Å². The molecule has 2 aromatic heterocycles. The standard InChI is InChI=1S/C6H2Cl5N.C6Cl4F3N/c7-4-1-3(6(9,10)11)2-12-5(4)8;7-2-1(6(11,12)13)4(9)14-5(10)3(2)8/h1-2H;. The summed E-state index contributed by atoms with van der Waals surface area (Å²) in [6, 6.07) is 1.46. The van der Waals surface area contributed by atoms with Crippen molar-refractivity contribution in [2.45, 2.75) is 9.97 Å². The second-order valence-electron chi connectivity index (χ2n) is 4.19. The molecule has 0 aromatic carbocycles. The van der Waals surface area contributed by atoms with Crippen molar-refractivity contribution in [3.05, 3.63) is 53.9 Å². The quantitative estimate of drug-likeness (QED) is 0.242. The molecule has 2 rings (SSSR count). The van der Waals surface area contributed by atoms with Crippen molar-refractivity contribution in [3.63, 3.8) is 0 Å². The van der Waals surface area contributed by atoms with Gasteiger partial charge in [0.25, 0.3) is 0 Å². The third kappa shape index (κ3) is 6.64. The van der Waals surface area contributed by atoms with Gasteiger partial charge < -0.3 is 0 Å². The van der Waals surface area contributed by atoms with Crippen LogP contribution in [-0.4, -0.2) is 9.97 Å². The SMILES string of the molecule is Clc1cc(C(Cl)(Cl)Cl)cnc1Cl.FC(F)(F)c1c(Cl)nc(Cl)c(Cl)c1Cl. The summed E-state index contributed by atoms with van der Waals surface area (Å²) in [6.45, 7) is 0. The Kier molecular flexibility index (Phi) is 9.01. The van der Waals surface area contributed by atoms with E-state index in [4.69, 9.17) is 104 Å². The van der Waals surface area contributed by atoms with Crippen molar-refractivity contribution in [2.75, 3.05) is 0 Å². The summed E-state index contributed by atoms with van der Waals surface area (Å²) in [5.41, 5.74) is -0.892. The molecule has 26 heavy (non-hydrogen) atoms. The Morgan fingerprint density at radius 3 is 1.73 bits per heavy atom. The number of rotatable bonds is 0. The van der Waals surface area contributed by atoms with Crippen LogP contribution >= 0.6 is 104 Å². The smallest absolute Gasteiger partial charge is 0.243 e. The molecule has 144 valence electrons. The fourth-order valence-electron chi connectivity index (χ4n) is 1.30. The average molecular weight is 550 g/mol. The summed E-state index contributed by atoms with van der Waals surface area (Å²) < 4.78 is 35.4. The highest BCUT2D eigenvalue weighted by Gasteiger charge is 2.38. The molecule has 2 nitrogen and oxygen atoms in total. The summed E-state index contributed by atoms with van der Waals surface area (Å²) in [5.74, 6) is 0. The van der Waals surface area contributed by atoms with Gasteiger partial charge in [0.2, 0.25) is 3.79 Å². The highest BCUT2D eigenvalue weighted by Crippen LogP contribution is 2.43. The molecule has 0 fully saturated rings. The van der Waals surface area contributed by atoms with Gasteiger partial charge in [-0.2, -0.15) is 13.2 Å². The molecule has 0 saturated carbocycles. The second kappa shape index (κ2) is 9.47. The van der Waals surface area contributed by atoms with Gasteiger partial charge in [0, 0.05) is 11.8 Å². The molecule has 0 amide bonds. The molecule has 0 aliphatic carbocycles. The third-order valence-electron chi connectivity index (χ3n) is 2.40. The predicted molar refractivity (Wildman–Crippen MR) is 103 cm³/mol. The third-order valence-corrected chi connectivity index (χ3v) is 5.23. The van der Waals surface area contributed by atoms with Gasteiger partial charge in [-0.25, -0.2) is 9.97 Å². The molecule has 14 heteroatoms. The maximum Gasteiger partial charge on any atom is 0.420 e. The number of halogens is 12. The zero-order valence-electron chi connectivity index (χ0n) is 11.6. The van der Waals surface area contributed by atoms with E-state index in [0.29, 0.717) is 5.56 Å². The Balaban J connectivity index is 0.000000263. The summed E-state index contributed by atoms with van der Waals surface area (Å²) >= 11 is 49.2.